The van der Waals surface area contributed by atoms with Crippen LogP contribution < -0.4 is 10.1 Å². The Bertz CT molecular complexity index is 448. The van der Waals surface area contributed by atoms with E-state index < -0.39 is 0 Å². The molecule has 1 saturated heterocycles. The zero-order chi connectivity index (χ0) is 13.1. The predicted molar refractivity (Wildman–Crippen MR) is 72.4 cm³/mol. The molecule has 0 spiro atoms. The quantitative estimate of drug-likeness (QED) is 0.831. The molecule has 1 atom stereocenters. The van der Waals surface area contributed by atoms with E-state index in [1.165, 1.54) is 6.42 Å². The largest absolute Gasteiger partial charge is 0.496 e. The molecule has 1 fully saturated rings. The predicted octanol–water partition coefficient (Wildman–Crippen LogP) is 2.64. The van der Waals surface area contributed by atoms with E-state index in [1.54, 1.807) is 7.11 Å². The minimum Gasteiger partial charge on any atom is -0.496 e. The van der Waals surface area contributed by atoms with Crippen LogP contribution >= 0.6 is 0 Å². The summed E-state index contributed by atoms with van der Waals surface area (Å²) in [5.74, 6) is 0.910. The topological polar surface area (TPSA) is 38.3 Å². The number of Topliss-reactive ketones (excluding diaryl/α,β-unsaturated/α-hetero) is 1. The highest BCUT2D eigenvalue weighted by Gasteiger charge is 2.21. The van der Waals surface area contributed by atoms with Gasteiger partial charge in [0.05, 0.1) is 12.7 Å². The molecule has 1 aliphatic heterocycles. The summed E-state index contributed by atoms with van der Waals surface area (Å²) in [6.07, 6.45) is 2.83. The molecule has 3 heteroatoms. The number of aryl methyl sites for hydroxylation is 1. The molecule has 98 valence electrons. The minimum atomic E-state index is 0.175. The Labute approximate surface area is 109 Å². The van der Waals surface area contributed by atoms with Crippen LogP contribution in [0.5, 0.6) is 5.75 Å². The summed E-state index contributed by atoms with van der Waals surface area (Å²) in [7, 11) is 1.63. The van der Waals surface area contributed by atoms with Gasteiger partial charge in [0.25, 0.3) is 0 Å². The van der Waals surface area contributed by atoms with Crippen molar-refractivity contribution in [2.45, 2.75) is 39.2 Å². The summed E-state index contributed by atoms with van der Waals surface area (Å²) >= 11 is 0. The molecular formula is C15H21NO2. The number of nitrogens with one attached hydrogen (secondary N) is 1. The van der Waals surface area contributed by atoms with Crippen LogP contribution in [-0.2, 0) is 0 Å². The van der Waals surface area contributed by atoms with Crippen LogP contribution in [-0.4, -0.2) is 25.5 Å². The molecule has 0 radical (unpaired) electrons. The molecule has 1 N–H and O–H groups in total. The smallest absolute Gasteiger partial charge is 0.168 e. The average molecular weight is 247 g/mol. The maximum absolute atomic E-state index is 12.3. The number of ether oxygens (including phenoxy) is 1. The Morgan fingerprint density at radius 1 is 1.44 bits per heavy atom. The minimum absolute atomic E-state index is 0.175. The summed E-state index contributed by atoms with van der Waals surface area (Å²) in [6.45, 7) is 5.06. The van der Waals surface area contributed by atoms with E-state index >= 15 is 0 Å². The first-order valence-electron chi connectivity index (χ1n) is 6.54. The third-order valence-electron chi connectivity index (χ3n) is 3.78. The van der Waals surface area contributed by atoms with Crippen molar-refractivity contribution in [1.82, 2.24) is 5.32 Å². The van der Waals surface area contributed by atoms with Crippen molar-refractivity contribution < 1.29 is 9.53 Å². The first-order chi connectivity index (χ1) is 8.63. The number of methoxy groups -OCH3 is 1. The van der Waals surface area contributed by atoms with E-state index in [4.69, 9.17) is 4.74 Å². The average Bonchev–Trinajstić information content (AvgIpc) is 2.85. The van der Waals surface area contributed by atoms with Crippen molar-refractivity contribution in [3.63, 3.8) is 0 Å². The molecule has 1 aliphatic rings. The standard InChI is InChI=1S/C15H21NO2/c1-10-6-7-13(15(18-3)11(10)2)14(17)9-12-5-4-8-16-12/h6-7,12,16H,4-5,8-9H2,1-3H3. The Kier molecular flexibility index (Phi) is 4.02. The van der Waals surface area contributed by atoms with Gasteiger partial charge in [0.2, 0.25) is 0 Å². The molecular weight excluding hydrogens is 226 g/mol. The van der Waals surface area contributed by atoms with Gasteiger partial charge in [-0.1, -0.05) is 6.07 Å². The number of carbonyl (C=O) groups excluding carboxylic acids is 1. The lowest BCUT2D eigenvalue weighted by Crippen LogP contribution is -2.24. The number of rotatable bonds is 4. The molecule has 0 saturated carbocycles. The normalized spacial score (nSPS) is 18.9. The van der Waals surface area contributed by atoms with Crippen molar-refractivity contribution >= 4 is 5.78 Å². The zero-order valence-electron chi connectivity index (χ0n) is 11.4. The zero-order valence-corrected chi connectivity index (χ0v) is 11.4. The second kappa shape index (κ2) is 5.53. The van der Waals surface area contributed by atoms with Crippen LogP contribution in [0.15, 0.2) is 12.1 Å². The number of benzene rings is 1. The van der Waals surface area contributed by atoms with Gasteiger partial charge in [-0.2, -0.15) is 0 Å². The highest BCUT2D eigenvalue weighted by molar-refractivity contribution is 5.99. The van der Waals surface area contributed by atoms with Crippen molar-refractivity contribution in [2.24, 2.45) is 0 Å². The van der Waals surface area contributed by atoms with Crippen LogP contribution in [0.1, 0.15) is 40.7 Å². The number of ketones is 1. The second-order valence-corrected chi connectivity index (χ2v) is 5.01. The summed E-state index contributed by atoms with van der Waals surface area (Å²) in [5.41, 5.74) is 2.93. The third kappa shape index (κ3) is 2.56. The molecule has 3 nitrogen and oxygen atoms in total. The molecule has 1 heterocycles. The van der Waals surface area contributed by atoms with Crippen molar-refractivity contribution in [2.75, 3.05) is 13.7 Å². The molecule has 0 aromatic heterocycles. The number of hydrogen-bond acceptors (Lipinski definition) is 3. The Morgan fingerprint density at radius 3 is 2.83 bits per heavy atom. The molecule has 0 amide bonds. The summed E-state index contributed by atoms with van der Waals surface area (Å²) in [5, 5.41) is 3.36. The lowest BCUT2D eigenvalue weighted by Gasteiger charge is -2.14. The maximum atomic E-state index is 12.3. The van der Waals surface area contributed by atoms with Crippen molar-refractivity contribution in [3.8, 4) is 5.75 Å². The third-order valence-corrected chi connectivity index (χ3v) is 3.78. The monoisotopic (exact) mass is 247 g/mol. The molecule has 0 aliphatic carbocycles. The second-order valence-electron chi connectivity index (χ2n) is 5.01. The molecule has 1 unspecified atom stereocenters. The lowest BCUT2D eigenvalue weighted by molar-refractivity contribution is 0.0968. The van der Waals surface area contributed by atoms with Gasteiger partial charge in [0.15, 0.2) is 5.78 Å². The number of hydrogen-bond donors (Lipinski definition) is 1. The van der Waals surface area contributed by atoms with Gasteiger partial charge >= 0.3 is 0 Å². The Balaban J connectivity index is 2.21. The number of carbonyl (C=O) groups is 1. The van der Waals surface area contributed by atoms with Crippen molar-refractivity contribution in [3.05, 3.63) is 28.8 Å². The first-order valence-corrected chi connectivity index (χ1v) is 6.54. The molecule has 0 bridgehead atoms. The van der Waals surface area contributed by atoms with Crippen LogP contribution in [0, 0.1) is 13.8 Å². The van der Waals surface area contributed by atoms with Crippen LogP contribution in [0.4, 0.5) is 0 Å². The van der Waals surface area contributed by atoms with E-state index in [0.717, 1.165) is 29.8 Å². The Hall–Kier alpha value is -1.35. The van der Waals surface area contributed by atoms with Gasteiger partial charge in [0, 0.05) is 12.5 Å². The fourth-order valence-electron chi connectivity index (χ4n) is 2.54. The van der Waals surface area contributed by atoms with Crippen molar-refractivity contribution in [1.29, 1.82) is 0 Å². The molecule has 2 rings (SSSR count). The van der Waals surface area contributed by atoms with Gasteiger partial charge < -0.3 is 10.1 Å². The van der Waals surface area contributed by atoms with E-state index in [0.29, 0.717) is 18.0 Å². The van der Waals surface area contributed by atoms with Gasteiger partial charge in [-0.15, -0.1) is 0 Å². The fourth-order valence-corrected chi connectivity index (χ4v) is 2.54. The Morgan fingerprint density at radius 2 is 2.22 bits per heavy atom. The lowest BCUT2D eigenvalue weighted by atomic mass is 9.97. The molecule has 1 aromatic rings. The SMILES string of the molecule is COc1c(C(=O)CC2CCCN2)ccc(C)c1C. The molecule has 1 aromatic carbocycles. The van der Waals surface area contributed by atoms with Gasteiger partial charge in [-0.25, -0.2) is 0 Å². The highest BCUT2D eigenvalue weighted by atomic mass is 16.5. The van der Waals surface area contributed by atoms with Gasteiger partial charge in [-0.3, -0.25) is 4.79 Å². The summed E-state index contributed by atoms with van der Waals surface area (Å²) in [6, 6.07) is 4.22. The van der Waals surface area contributed by atoms with E-state index in [9.17, 15) is 4.79 Å². The van der Waals surface area contributed by atoms with E-state index in [2.05, 4.69) is 5.32 Å². The highest BCUT2D eigenvalue weighted by Crippen LogP contribution is 2.28. The summed E-state index contributed by atoms with van der Waals surface area (Å²) < 4.78 is 5.40. The van der Waals surface area contributed by atoms with Gasteiger partial charge in [-0.05, 0) is 50.4 Å². The van der Waals surface area contributed by atoms with Crippen LogP contribution in [0.25, 0.3) is 0 Å². The fraction of sp³-hybridized carbons (Fsp3) is 0.533. The van der Waals surface area contributed by atoms with Gasteiger partial charge in [0.1, 0.15) is 5.75 Å². The van der Waals surface area contributed by atoms with E-state index in [-0.39, 0.29) is 5.78 Å². The first kappa shape index (κ1) is 13.1. The summed E-state index contributed by atoms with van der Waals surface area (Å²) in [4.78, 5) is 12.3. The molecule has 18 heavy (non-hydrogen) atoms. The van der Waals surface area contributed by atoms with Crippen LogP contribution in [0.3, 0.4) is 0 Å². The maximum Gasteiger partial charge on any atom is 0.168 e. The van der Waals surface area contributed by atoms with E-state index in [1.807, 2.05) is 26.0 Å². The van der Waals surface area contributed by atoms with Crippen LogP contribution in [0.2, 0.25) is 0 Å².